The molecule has 4 rings (SSSR count). The molecule has 0 bridgehead atoms. The van der Waals surface area contributed by atoms with Gasteiger partial charge in [0, 0.05) is 16.8 Å². The number of hydrogen-bond donors (Lipinski definition) is 1. The Bertz CT molecular complexity index is 1120. The number of nitrogens with zero attached hydrogens (tertiary/aromatic N) is 1. The molecule has 1 aromatic heterocycles. The zero-order valence-electron chi connectivity index (χ0n) is 19.1. The van der Waals surface area contributed by atoms with Gasteiger partial charge in [-0.25, -0.2) is 0 Å². The van der Waals surface area contributed by atoms with Crippen molar-refractivity contribution in [3.05, 3.63) is 77.2 Å². The Morgan fingerprint density at radius 2 is 1.74 bits per heavy atom. The van der Waals surface area contributed by atoms with Crippen LogP contribution in [-0.2, 0) is 4.79 Å². The second-order valence-electron chi connectivity index (χ2n) is 8.14. The first-order valence-corrected chi connectivity index (χ1v) is 11.5. The van der Waals surface area contributed by atoms with Crippen LogP contribution in [0.2, 0.25) is 5.02 Å². The molecule has 1 saturated carbocycles. The predicted molar refractivity (Wildman–Crippen MR) is 130 cm³/mol. The van der Waals surface area contributed by atoms with E-state index in [9.17, 15) is 9.59 Å². The number of carbonyl (C=O) groups excluding carboxylic acids is 2. The van der Waals surface area contributed by atoms with Crippen LogP contribution >= 0.6 is 11.6 Å². The molecule has 0 radical (unpaired) electrons. The van der Waals surface area contributed by atoms with Gasteiger partial charge in [0.25, 0.3) is 5.91 Å². The lowest BCUT2D eigenvalue weighted by molar-refractivity contribution is -0.123. The van der Waals surface area contributed by atoms with Crippen LogP contribution < -0.4 is 19.7 Å². The topological polar surface area (TPSA) is 81.0 Å². The van der Waals surface area contributed by atoms with E-state index in [2.05, 4.69) is 5.32 Å². The highest BCUT2D eigenvalue weighted by Gasteiger charge is 2.36. The van der Waals surface area contributed by atoms with E-state index in [1.54, 1.807) is 61.7 Å². The van der Waals surface area contributed by atoms with Gasteiger partial charge >= 0.3 is 0 Å². The summed E-state index contributed by atoms with van der Waals surface area (Å²) in [6, 6.07) is 14.3. The van der Waals surface area contributed by atoms with Crippen LogP contribution in [0.15, 0.2) is 65.3 Å². The Morgan fingerprint density at radius 3 is 2.35 bits per heavy atom. The van der Waals surface area contributed by atoms with Crippen molar-refractivity contribution in [3.8, 4) is 11.5 Å². The quantitative estimate of drug-likeness (QED) is 0.465. The summed E-state index contributed by atoms with van der Waals surface area (Å²) in [5.41, 5.74) is 1.08. The fourth-order valence-corrected chi connectivity index (χ4v) is 4.42. The lowest BCUT2D eigenvalue weighted by Crippen LogP contribution is -2.46. The number of nitrogens with one attached hydrogen (secondary N) is 1. The molecule has 1 aliphatic carbocycles. The summed E-state index contributed by atoms with van der Waals surface area (Å²) in [6.45, 7) is 0. The molecule has 1 aliphatic rings. The van der Waals surface area contributed by atoms with Crippen molar-refractivity contribution in [1.82, 2.24) is 5.32 Å². The number of anilines is 1. The van der Waals surface area contributed by atoms with Gasteiger partial charge in [-0.2, -0.15) is 0 Å². The number of methoxy groups -OCH3 is 2. The zero-order valence-corrected chi connectivity index (χ0v) is 19.9. The molecule has 8 heteroatoms. The Morgan fingerprint density at radius 1 is 1.03 bits per heavy atom. The first-order chi connectivity index (χ1) is 16.5. The van der Waals surface area contributed by atoms with Crippen LogP contribution in [0.3, 0.4) is 0 Å². The number of benzene rings is 2. The molecule has 1 fully saturated rings. The third-order valence-electron chi connectivity index (χ3n) is 5.99. The Hall–Kier alpha value is -3.45. The van der Waals surface area contributed by atoms with Crippen LogP contribution in [0.5, 0.6) is 11.5 Å². The number of ether oxygens (including phenoxy) is 2. The van der Waals surface area contributed by atoms with E-state index in [4.69, 9.17) is 25.5 Å². The molecule has 1 unspecified atom stereocenters. The van der Waals surface area contributed by atoms with E-state index < -0.39 is 11.9 Å². The molecule has 2 aromatic carbocycles. The van der Waals surface area contributed by atoms with E-state index in [1.165, 1.54) is 18.3 Å². The normalized spacial score (nSPS) is 14.4. The number of rotatable bonds is 8. The Labute approximate surface area is 203 Å². The molecule has 0 spiro atoms. The highest BCUT2D eigenvalue weighted by molar-refractivity contribution is 6.30. The van der Waals surface area contributed by atoms with Gasteiger partial charge in [-0.05, 0) is 66.9 Å². The second-order valence-corrected chi connectivity index (χ2v) is 8.57. The molecular weight excluding hydrogens is 456 g/mol. The maximum absolute atomic E-state index is 13.8. The molecule has 1 N–H and O–H groups in total. The smallest absolute Gasteiger partial charge is 0.294 e. The molecular formula is C26H27ClN2O5. The van der Waals surface area contributed by atoms with Gasteiger partial charge in [-0.15, -0.1) is 0 Å². The summed E-state index contributed by atoms with van der Waals surface area (Å²) in [5.74, 6) is 0.369. The molecule has 1 atom stereocenters. The largest absolute Gasteiger partial charge is 0.493 e. The molecule has 34 heavy (non-hydrogen) atoms. The SMILES string of the molecule is COc1ccc(C(C(=O)NC2CCCC2)N(C(=O)c2ccco2)c2ccc(Cl)cc2)cc1OC. The standard InChI is InChI=1S/C26H27ClN2O5/c1-32-21-14-9-17(16-23(21)33-2)24(25(30)28-19-6-3-4-7-19)29(20-12-10-18(27)11-13-20)26(31)22-8-5-15-34-22/h5,8-16,19,24H,3-4,6-7H2,1-2H3,(H,28,30). The summed E-state index contributed by atoms with van der Waals surface area (Å²) in [5, 5.41) is 3.66. The molecule has 1 heterocycles. The van der Waals surface area contributed by atoms with Crippen molar-refractivity contribution in [2.75, 3.05) is 19.1 Å². The van der Waals surface area contributed by atoms with Crippen molar-refractivity contribution < 1.29 is 23.5 Å². The summed E-state index contributed by atoms with van der Waals surface area (Å²) in [7, 11) is 3.07. The van der Waals surface area contributed by atoms with Gasteiger partial charge in [0.2, 0.25) is 5.91 Å². The van der Waals surface area contributed by atoms with Crippen molar-refractivity contribution in [2.45, 2.75) is 37.8 Å². The Balaban J connectivity index is 1.84. The van der Waals surface area contributed by atoms with Crippen molar-refractivity contribution >= 4 is 29.1 Å². The minimum atomic E-state index is -0.987. The van der Waals surface area contributed by atoms with Crippen LogP contribution in [0.4, 0.5) is 5.69 Å². The fourth-order valence-electron chi connectivity index (χ4n) is 4.30. The summed E-state index contributed by atoms with van der Waals surface area (Å²) in [6.07, 6.45) is 5.39. The van der Waals surface area contributed by atoms with E-state index in [0.29, 0.717) is 27.8 Å². The average Bonchev–Trinajstić information content (AvgIpc) is 3.57. The fraction of sp³-hybridized carbons (Fsp3) is 0.308. The van der Waals surface area contributed by atoms with Gasteiger partial charge in [0.15, 0.2) is 17.3 Å². The zero-order chi connectivity index (χ0) is 24.1. The van der Waals surface area contributed by atoms with Crippen LogP contribution in [0, 0.1) is 0 Å². The molecule has 2 amide bonds. The van der Waals surface area contributed by atoms with Gasteiger partial charge in [0.05, 0.1) is 20.5 Å². The van der Waals surface area contributed by atoms with Gasteiger partial charge < -0.3 is 19.2 Å². The third kappa shape index (κ3) is 5.04. The maximum atomic E-state index is 13.8. The maximum Gasteiger partial charge on any atom is 0.294 e. The van der Waals surface area contributed by atoms with Crippen LogP contribution in [-0.4, -0.2) is 32.1 Å². The van der Waals surface area contributed by atoms with E-state index in [-0.39, 0.29) is 17.7 Å². The number of amides is 2. The van der Waals surface area contributed by atoms with E-state index in [1.807, 2.05) is 0 Å². The molecule has 178 valence electrons. The monoisotopic (exact) mass is 482 g/mol. The summed E-state index contributed by atoms with van der Waals surface area (Å²) in [4.78, 5) is 28.9. The molecule has 0 aliphatic heterocycles. The van der Waals surface area contributed by atoms with Gasteiger partial charge in [0.1, 0.15) is 6.04 Å². The number of carbonyl (C=O) groups is 2. The third-order valence-corrected chi connectivity index (χ3v) is 6.24. The first kappa shape index (κ1) is 23.7. The highest BCUT2D eigenvalue weighted by Crippen LogP contribution is 2.36. The van der Waals surface area contributed by atoms with E-state index >= 15 is 0 Å². The van der Waals surface area contributed by atoms with Gasteiger partial charge in [-0.3, -0.25) is 14.5 Å². The van der Waals surface area contributed by atoms with Crippen LogP contribution in [0.25, 0.3) is 0 Å². The number of furan rings is 1. The van der Waals surface area contributed by atoms with Crippen LogP contribution in [0.1, 0.15) is 47.8 Å². The molecule has 7 nitrogen and oxygen atoms in total. The molecule has 0 saturated heterocycles. The van der Waals surface area contributed by atoms with Crippen molar-refractivity contribution in [1.29, 1.82) is 0 Å². The van der Waals surface area contributed by atoms with Gasteiger partial charge in [-0.1, -0.05) is 30.5 Å². The first-order valence-electron chi connectivity index (χ1n) is 11.2. The molecule has 3 aromatic rings. The minimum absolute atomic E-state index is 0.0703. The highest BCUT2D eigenvalue weighted by atomic mass is 35.5. The summed E-state index contributed by atoms with van der Waals surface area (Å²) >= 11 is 6.11. The summed E-state index contributed by atoms with van der Waals surface area (Å²) < 4.78 is 16.3. The minimum Gasteiger partial charge on any atom is -0.493 e. The van der Waals surface area contributed by atoms with Crippen molar-refractivity contribution in [3.63, 3.8) is 0 Å². The van der Waals surface area contributed by atoms with E-state index in [0.717, 1.165) is 25.7 Å². The second kappa shape index (κ2) is 10.7. The number of hydrogen-bond acceptors (Lipinski definition) is 5. The van der Waals surface area contributed by atoms with Crippen molar-refractivity contribution in [2.24, 2.45) is 0 Å². The predicted octanol–water partition coefficient (Wildman–Crippen LogP) is 5.40. The average molecular weight is 483 g/mol. The Kier molecular flexibility index (Phi) is 7.43. The number of halogens is 1. The lowest BCUT2D eigenvalue weighted by Gasteiger charge is -2.32. The lowest BCUT2D eigenvalue weighted by atomic mass is 10.0.